The van der Waals surface area contributed by atoms with Crippen LogP contribution in [0.2, 0.25) is 0 Å². The largest absolute Gasteiger partial charge is 1.00 e. The Bertz CT molecular complexity index is 694. The summed E-state index contributed by atoms with van der Waals surface area (Å²) in [4.78, 5) is 23.9. The highest BCUT2D eigenvalue weighted by Gasteiger charge is 2.20. The minimum absolute atomic E-state index is 0. The van der Waals surface area contributed by atoms with E-state index in [0.717, 1.165) is 5.69 Å². The molecule has 0 aliphatic heterocycles. The van der Waals surface area contributed by atoms with Crippen LogP contribution in [0.1, 0.15) is 0 Å². The predicted octanol–water partition coefficient (Wildman–Crippen LogP) is -0.0458. The molecule has 7 heteroatoms. The standard InChI is InChI=1S/C19H23N3O3.ClH/c1-22(2,15-18(23)20-16-9-5-3-6-10-16)13-14-25-19(24)21-17-11-7-4-8-12-17;/h3-12H,13-15H2,1-2H3,(H-,20,21,23,24);1H. The number of rotatable bonds is 7. The molecule has 0 bridgehead atoms. The SMILES string of the molecule is C[N+](C)(CCOC(=O)Nc1ccccc1)CC(=O)Nc1ccccc1.[Cl-]. The van der Waals surface area contributed by atoms with E-state index in [4.69, 9.17) is 4.74 Å². The Kier molecular flexibility index (Phi) is 8.61. The number of nitrogens with zero attached hydrogens (tertiary/aromatic N) is 1. The third-order valence-electron chi connectivity index (χ3n) is 3.58. The van der Waals surface area contributed by atoms with Crippen molar-refractivity contribution in [1.29, 1.82) is 0 Å². The van der Waals surface area contributed by atoms with Crippen LogP contribution in [-0.2, 0) is 9.53 Å². The quantitative estimate of drug-likeness (QED) is 0.665. The minimum Gasteiger partial charge on any atom is -1.00 e. The summed E-state index contributed by atoms with van der Waals surface area (Å²) in [5, 5.41) is 5.51. The number of para-hydroxylation sites is 2. The Hall–Kier alpha value is -2.57. The highest BCUT2D eigenvalue weighted by molar-refractivity contribution is 5.91. The first kappa shape index (κ1) is 21.5. The van der Waals surface area contributed by atoms with Crippen LogP contribution in [0.4, 0.5) is 16.2 Å². The molecule has 2 amide bonds. The molecule has 0 fully saturated rings. The first-order valence-electron chi connectivity index (χ1n) is 8.10. The molecule has 2 aromatic rings. The zero-order valence-corrected chi connectivity index (χ0v) is 15.7. The van der Waals surface area contributed by atoms with Crippen LogP contribution in [0.3, 0.4) is 0 Å². The van der Waals surface area contributed by atoms with Crippen molar-refractivity contribution in [2.75, 3.05) is 44.4 Å². The van der Waals surface area contributed by atoms with Crippen LogP contribution >= 0.6 is 0 Å². The van der Waals surface area contributed by atoms with Gasteiger partial charge in [0.05, 0.1) is 14.1 Å². The molecule has 0 aromatic heterocycles. The van der Waals surface area contributed by atoms with Crippen molar-refractivity contribution >= 4 is 23.4 Å². The molecular weight excluding hydrogens is 354 g/mol. The second-order valence-corrected chi connectivity index (χ2v) is 6.36. The van der Waals surface area contributed by atoms with Gasteiger partial charge < -0.3 is 26.9 Å². The second-order valence-electron chi connectivity index (χ2n) is 6.36. The fourth-order valence-electron chi connectivity index (χ4n) is 2.25. The molecule has 2 rings (SSSR count). The molecule has 0 atom stereocenters. The minimum atomic E-state index is -0.500. The number of halogens is 1. The van der Waals surface area contributed by atoms with Gasteiger partial charge in [-0.05, 0) is 24.3 Å². The van der Waals surface area contributed by atoms with Gasteiger partial charge in [-0.2, -0.15) is 0 Å². The Morgan fingerprint density at radius 3 is 1.92 bits per heavy atom. The van der Waals surface area contributed by atoms with Gasteiger partial charge in [0.15, 0.2) is 6.54 Å². The van der Waals surface area contributed by atoms with E-state index < -0.39 is 6.09 Å². The molecule has 140 valence electrons. The summed E-state index contributed by atoms with van der Waals surface area (Å²) in [6.45, 7) is 1.05. The number of likely N-dealkylation sites (N-methyl/N-ethyl adjacent to an activating group) is 1. The monoisotopic (exact) mass is 377 g/mol. The van der Waals surface area contributed by atoms with E-state index in [1.807, 2.05) is 62.6 Å². The van der Waals surface area contributed by atoms with Gasteiger partial charge in [0.1, 0.15) is 13.2 Å². The Balaban J connectivity index is 0.00000338. The number of anilines is 2. The fourth-order valence-corrected chi connectivity index (χ4v) is 2.25. The smallest absolute Gasteiger partial charge is 0.411 e. The summed E-state index contributed by atoms with van der Waals surface area (Å²) >= 11 is 0. The van der Waals surface area contributed by atoms with Crippen LogP contribution in [-0.4, -0.2) is 50.3 Å². The summed E-state index contributed by atoms with van der Waals surface area (Å²) in [5.74, 6) is -0.0788. The molecule has 0 aliphatic carbocycles. The van der Waals surface area contributed by atoms with E-state index in [1.165, 1.54) is 0 Å². The van der Waals surface area contributed by atoms with E-state index in [0.29, 0.717) is 23.3 Å². The van der Waals surface area contributed by atoms with Crippen molar-refractivity contribution in [2.24, 2.45) is 0 Å². The Morgan fingerprint density at radius 1 is 0.885 bits per heavy atom. The van der Waals surface area contributed by atoms with Crippen molar-refractivity contribution in [3.05, 3.63) is 60.7 Å². The lowest BCUT2D eigenvalue weighted by Gasteiger charge is -2.28. The molecule has 2 N–H and O–H groups in total. The molecule has 2 aromatic carbocycles. The lowest BCUT2D eigenvalue weighted by Crippen LogP contribution is -3.00. The average Bonchev–Trinajstić information content (AvgIpc) is 2.55. The number of benzene rings is 2. The lowest BCUT2D eigenvalue weighted by atomic mass is 10.3. The van der Waals surface area contributed by atoms with Crippen LogP contribution in [0.15, 0.2) is 60.7 Å². The second kappa shape index (κ2) is 10.4. The third kappa shape index (κ3) is 8.00. The number of hydrogen-bond donors (Lipinski definition) is 2. The summed E-state index contributed by atoms with van der Waals surface area (Å²) in [6.07, 6.45) is -0.500. The highest BCUT2D eigenvalue weighted by Crippen LogP contribution is 2.07. The number of nitrogens with one attached hydrogen (secondary N) is 2. The molecule has 0 aliphatic rings. The lowest BCUT2D eigenvalue weighted by molar-refractivity contribution is -0.882. The maximum absolute atomic E-state index is 12.1. The van der Waals surface area contributed by atoms with E-state index in [9.17, 15) is 9.59 Å². The molecule has 0 radical (unpaired) electrons. The van der Waals surface area contributed by atoms with Gasteiger partial charge in [0.2, 0.25) is 0 Å². The van der Waals surface area contributed by atoms with Crippen LogP contribution in [0.5, 0.6) is 0 Å². The number of carbonyl (C=O) groups excluding carboxylic acids is 2. The first-order chi connectivity index (χ1) is 11.9. The van der Waals surface area contributed by atoms with Crippen LogP contribution in [0, 0.1) is 0 Å². The third-order valence-corrected chi connectivity index (χ3v) is 3.58. The van der Waals surface area contributed by atoms with E-state index in [1.54, 1.807) is 12.1 Å². The van der Waals surface area contributed by atoms with Crippen molar-refractivity contribution in [1.82, 2.24) is 0 Å². The molecule has 26 heavy (non-hydrogen) atoms. The van der Waals surface area contributed by atoms with Gasteiger partial charge in [-0.3, -0.25) is 10.1 Å². The highest BCUT2D eigenvalue weighted by atomic mass is 35.5. The van der Waals surface area contributed by atoms with Gasteiger partial charge in [-0.25, -0.2) is 4.79 Å². The van der Waals surface area contributed by atoms with Gasteiger partial charge in [0, 0.05) is 11.4 Å². The van der Waals surface area contributed by atoms with Gasteiger partial charge in [-0.1, -0.05) is 36.4 Å². The molecule has 0 unspecified atom stereocenters. The maximum Gasteiger partial charge on any atom is 0.411 e. The number of quaternary nitrogens is 1. The first-order valence-corrected chi connectivity index (χ1v) is 8.10. The summed E-state index contributed by atoms with van der Waals surface area (Å²) in [6, 6.07) is 18.4. The zero-order valence-electron chi connectivity index (χ0n) is 14.9. The summed E-state index contributed by atoms with van der Waals surface area (Å²) < 4.78 is 5.60. The van der Waals surface area contributed by atoms with Crippen molar-refractivity contribution in [2.45, 2.75) is 0 Å². The van der Waals surface area contributed by atoms with Crippen LogP contribution in [0.25, 0.3) is 0 Å². The molecule has 6 nitrogen and oxygen atoms in total. The van der Waals surface area contributed by atoms with Gasteiger partial charge in [-0.15, -0.1) is 0 Å². The number of amides is 2. The summed E-state index contributed by atoms with van der Waals surface area (Å²) in [7, 11) is 3.84. The van der Waals surface area contributed by atoms with E-state index in [2.05, 4.69) is 10.6 Å². The number of hydrogen-bond acceptors (Lipinski definition) is 3. The van der Waals surface area contributed by atoms with E-state index >= 15 is 0 Å². The summed E-state index contributed by atoms with van der Waals surface area (Å²) in [5.41, 5.74) is 1.45. The topological polar surface area (TPSA) is 67.4 Å². The molecular formula is C19H24ClN3O3. The number of carbonyl (C=O) groups is 2. The zero-order chi connectivity index (χ0) is 18.1. The predicted molar refractivity (Wildman–Crippen MR) is 98.3 cm³/mol. The maximum atomic E-state index is 12.1. The van der Waals surface area contributed by atoms with Crippen molar-refractivity contribution in [3.63, 3.8) is 0 Å². The van der Waals surface area contributed by atoms with Crippen molar-refractivity contribution < 1.29 is 31.2 Å². The molecule has 0 saturated heterocycles. The van der Waals surface area contributed by atoms with Crippen molar-refractivity contribution in [3.8, 4) is 0 Å². The average molecular weight is 378 g/mol. The van der Waals surface area contributed by atoms with E-state index in [-0.39, 0.29) is 24.9 Å². The Labute approximate surface area is 160 Å². The van der Waals surface area contributed by atoms with Crippen LogP contribution < -0.4 is 23.0 Å². The fraction of sp³-hybridized carbons (Fsp3) is 0.263. The normalized spacial score (nSPS) is 10.4. The molecule has 0 spiro atoms. The molecule has 0 heterocycles. The van der Waals surface area contributed by atoms with Gasteiger partial charge >= 0.3 is 6.09 Å². The van der Waals surface area contributed by atoms with Gasteiger partial charge in [0.25, 0.3) is 5.91 Å². The molecule has 0 saturated carbocycles. The number of ether oxygens (including phenoxy) is 1. The Morgan fingerprint density at radius 2 is 1.38 bits per heavy atom.